The maximum absolute atomic E-state index is 12.3. The van der Waals surface area contributed by atoms with Gasteiger partial charge in [0.2, 0.25) is 0 Å². The van der Waals surface area contributed by atoms with Crippen molar-refractivity contribution in [1.82, 2.24) is 9.88 Å². The molecule has 118 valence electrons. The van der Waals surface area contributed by atoms with Crippen molar-refractivity contribution in [1.29, 1.82) is 0 Å². The molecule has 0 unspecified atom stereocenters. The normalized spacial score (nSPS) is 12.3. The zero-order valence-corrected chi connectivity index (χ0v) is 13.3. The highest BCUT2D eigenvalue weighted by molar-refractivity contribution is 5.97. The molecule has 0 aliphatic carbocycles. The molecule has 0 radical (unpaired) electrons. The molecule has 0 aliphatic rings. The number of aromatic nitrogens is 1. The van der Waals surface area contributed by atoms with Crippen LogP contribution < -0.4 is 10.9 Å². The average molecular weight is 302 g/mol. The monoisotopic (exact) mass is 302 g/mol. The fraction of sp³-hybridized carbons (Fsp3) is 0.412. The summed E-state index contributed by atoms with van der Waals surface area (Å²) in [7, 11) is 1.68. The van der Waals surface area contributed by atoms with Crippen LogP contribution in [0.2, 0.25) is 0 Å². The first-order chi connectivity index (χ1) is 10.6. The van der Waals surface area contributed by atoms with Gasteiger partial charge in [0.25, 0.3) is 11.5 Å². The molecule has 5 heteroatoms. The van der Waals surface area contributed by atoms with Crippen molar-refractivity contribution >= 4 is 16.8 Å². The predicted molar refractivity (Wildman–Crippen MR) is 87.2 cm³/mol. The van der Waals surface area contributed by atoms with Gasteiger partial charge in [0.1, 0.15) is 5.56 Å². The second-order valence-corrected chi connectivity index (χ2v) is 5.18. The lowest BCUT2D eigenvalue weighted by Gasteiger charge is -2.16. The maximum Gasteiger partial charge on any atom is 0.263 e. The molecule has 1 amide bonds. The quantitative estimate of drug-likeness (QED) is 0.889. The number of nitrogens with one attached hydrogen (secondary N) is 1. The van der Waals surface area contributed by atoms with Gasteiger partial charge in [-0.3, -0.25) is 9.59 Å². The molecule has 2 aromatic rings. The van der Waals surface area contributed by atoms with Crippen LogP contribution in [0.1, 0.15) is 30.6 Å². The van der Waals surface area contributed by atoms with Gasteiger partial charge in [-0.2, -0.15) is 0 Å². The second kappa shape index (κ2) is 7.22. The molecule has 22 heavy (non-hydrogen) atoms. The molecule has 0 saturated heterocycles. The Hall–Kier alpha value is -2.14. The van der Waals surface area contributed by atoms with Crippen LogP contribution in [0.15, 0.2) is 35.1 Å². The van der Waals surface area contributed by atoms with Crippen molar-refractivity contribution in [2.24, 2.45) is 7.05 Å². The van der Waals surface area contributed by atoms with Crippen molar-refractivity contribution < 1.29 is 9.53 Å². The Morgan fingerprint density at radius 1 is 1.32 bits per heavy atom. The molecular formula is C17H22N2O3. The molecule has 0 fully saturated rings. The van der Waals surface area contributed by atoms with Crippen LogP contribution in [-0.4, -0.2) is 29.7 Å². The predicted octanol–water partition coefficient (Wildman–Crippen LogP) is 2.08. The maximum atomic E-state index is 12.3. The first-order valence-electron chi connectivity index (χ1n) is 7.57. The highest BCUT2D eigenvalue weighted by Gasteiger charge is 2.15. The number of rotatable bonds is 6. The first kappa shape index (κ1) is 16.2. The van der Waals surface area contributed by atoms with Crippen LogP contribution >= 0.6 is 0 Å². The van der Waals surface area contributed by atoms with E-state index in [-0.39, 0.29) is 23.1 Å². The molecule has 1 atom stereocenters. The minimum atomic E-state index is -0.357. The summed E-state index contributed by atoms with van der Waals surface area (Å²) in [6, 6.07) is 9.15. The summed E-state index contributed by atoms with van der Waals surface area (Å²) in [5, 5.41) is 3.66. The largest absolute Gasteiger partial charge is 0.377 e. The molecule has 1 N–H and O–H groups in total. The van der Waals surface area contributed by atoms with E-state index >= 15 is 0 Å². The number of ether oxygens (including phenoxy) is 1. The van der Waals surface area contributed by atoms with Gasteiger partial charge in [-0.25, -0.2) is 0 Å². The van der Waals surface area contributed by atoms with Crippen LogP contribution in [0.5, 0.6) is 0 Å². The van der Waals surface area contributed by atoms with E-state index in [1.165, 1.54) is 4.57 Å². The van der Waals surface area contributed by atoms with E-state index in [2.05, 4.69) is 5.32 Å². The third kappa shape index (κ3) is 3.36. The zero-order valence-electron chi connectivity index (χ0n) is 13.3. The number of pyridine rings is 1. The molecule has 5 nitrogen and oxygen atoms in total. The molecule has 1 aromatic carbocycles. The lowest BCUT2D eigenvalue weighted by molar-refractivity contribution is 0.0568. The van der Waals surface area contributed by atoms with Crippen LogP contribution in [0.3, 0.4) is 0 Å². The van der Waals surface area contributed by atoms with Crippen molar-refractivity contribution in [3.63, 3.8) is 0 Å². The van der Waals surface area contributed by atoms with Gasteiger partial charge in [0.05, 0.1) is 11.6 Å². The molecule has 0 aliphatic heterocycles. The summed E-state index contributed by atoms with van der Waals surface area (Å²) in [6.45, 7) is 4.93. The number of amides is 1. The number of nitrogens with zero attached hydrogens (tertiary/aromatic N) is 1. The number of carbonyl (C=O) groups excluding carboxylic acids is 1. The van der Waals surface area contributed by atoms with Crippen LogP contribution in [0, 0.1) is 0 Å². The van der Waals surface area contributed by atoms with Gasteiger partial charge < -0.3 is 14.6 Å². The molecular weight excluding hydrogens is 280 g/mol. The van der Waals surface area contributed by atoms with Gasteiger partial charge in [-0.05, 0) is 30.9 Å². The van der Waals surface area contributed by atoms with Gasteiger partial charge >= 0.3 is 0 Å². The second-order valence-electron chi connectivity index (χ2n) is 5.18. The SMILES string of the molecule is CCO[C@@H](CC)CNC(=O)c1cc2ccccc2n(C)c1=O. The summed E-state index contributed by atoms with van der Waals surface area (Å²) in [5.41, 5.74) is 0.679. The Morgan fingerprint density at radius 2 is 2.05 bits per heavy atom. The average Bonchev–Trinajstić information content (AvgIpc) is 2.54. The number of fused-ring (bicyclic) bond motifs is 1. The van der Waals surface area contributed by atoms with Crippen LogP contribution in [0.25, 0.3) is 10.9 Å². The fourth-order valence-corrected chi connectivity index (χ4v) is 2.44. The van der Waals surface area contributed by atoms with Gasteiger partial charge in [0, 0.05) is 20.2 Å². The Bertz CT molecular complexity index is 721. The lowest BCUT2D eigenvalue weighted by Crippen LogP contribution is -2.37. The van der Waals surface area contributed by atoms with Crippen molar-refractivity contribution in [3.8, 4) is 0 Å². The number of hydrogen-bond donors (Lipinski definition) is 1. The Morgan fingerprint density at radius 3 is 2.73 bits per heavy atom. The number of hydrogen-bond acceptors (Lipinski definition) is 3. The molecule has 0 saturated carbocycles. The van der Waals surface area contributed by atoms with Gasteiger partial charge in [-0.1, -0.05) is 25.1 Å². The van der Waals surface area contributed by atoms with E-state index in [4.69, 9.17) is 4.74 Å². The van der Waals surface area contributed by atoms with Crippen molar-refractivity contribution in [2.45, 2.75) is 26.4 Å². The number of benzene rings is 1. The Labute approximate surface area is 129 Å². The van der Waals surface area contributed by atoms with Gasteiger partial charge in [-0.15, -0.1) is 0 Å². The van der Waals surface area contributed by atoms with Crippen LogP contribution in [-0.2, 0) is 11.8 Å². The number of carbonyl (C=O) groups is 1. The Balaban J connectivity index is 2.25. The minimum absolute atomic E-state index is 0.0294. The Kier molecular flexibility index (Phi) is 5.33. The van der Waals surface area contributed by atoms with E-state index in [0.717, 1.165) is 17.3 Å². The fourth-order valence-electron chi connectivity index (χ4n) is 2.44. The minimum Gasteiger partial charge on any atom is -0.377 e. The molecule has 2 rings (SSSR count). The third-order valence-corrected chi connectivity index (χ3v) is 3.73. The number of para-hydroxylation sites is 1. The van der Waals surface area contributed by atoms with Crippen molar-refractivity contribution in [2.75, 3.05) is 13.2 Å². The molecule has 1 heterocycles. The lowest BCUT2D eigenvalue weighted by atomic mass is 10.1. The molecule has 0 spiro atoms. The molecule has 0 bridgehead atoms. The summed E-state index contributed by atoms with van der Waals surface area (Å²) in [6.07, 6.45) is 0.780. The highest BCUT2D eigenvalue weighted by atomic mass is 16.5. The van der Waals surface area contributed by atoms with E-state index in [1.807, 2.05) is 38.1 Å². The summed E-state index contributed by atoms with van der Waals surface area (Å²) in [4.78, 5) is 24.6. The number of aryl methyl sites for hydroxylation is 1. The first-order valence-corrected chi connectivity index (χ1v) is 7.57. The summed E-state index contributed by atoms with van der Waals surface area (Å²) < 4.78 is 7.01. The standard InChI is InChI=1S/C17H22N2O3/c1-4-13(22-5-2)11-18-16(20)14-10-12-8-6-7-9-15(12)19(3)17(14)21/h6-10,13H,4-5,11H2,1-3H3,(H,18,20)/t13-/m0/s1. The van der Waals surface area contributed by atoms with Crippen molar-refractivity contribution in [3.05, 3.63) is 46.2 Å². The van der Waals surface area contributed by atoms with Gasteiger partial charge in [0.15, 0.2) is 0 Å². The topological polar surface area (TPSA) is 60.3 Å². The zero-order chi connectivity index (χ0) is 16.1. The third-order valence-electron chi connectivity index (χ3n) is 3.73. The summed E-state index contributed by atoms with van der Waals surface area (Å²) in [5.74, 6) is -0.357. The van der Waals surface area contributed by atoms with E-state index in [9.17, 15) is 9.59 Å². The van der Waals surface area contributed by atoms with E-state index < -0.39 is 0 Å². The highest BCUT2D eigenvalue weighted by Crippen LogP contribution is 2.12. The smallest absolute Gasteiger partial charge is 0.263 e. The van der Waals surface area contributed by atoms with E-state index in [0.29, 0.717) is 13.2 Å². The summed E-state index contributed by atoms with van der Waals surface area (Å²) >= 11 is 0. The van der Waals surface area contributed by atoms with Crippen LogP contribution in [0.4, 0.5) is 0 Å². The van der Waals surface area contributed by atoms with E-state index in [1.54, 1.807) is 13.1 Å². The molecule has 1 aromatic heterocycles.